The zero-order valence-electron chi connectivity index (χ0n) is 17.5. The molecule has 0 spiro atoms. The van der Waals surface area contributed by atoms with Gasteiger partial charge in [0.2, 0.25) is 0 Å². The fourth-order valence-corrected chi connectivity index (χ4v) is 5.49. The lowest BCUT2D eigenvalue weighted by molar-refractivity contribution is 0.531. The molecule has 0 aliphatic heterocycles. The zero-order valence-corrected chi connectivity index (χ0v) is 18.4. The molecule has 0 aromatic rings. The fraction of sp³-hybridized carbons (Fsp3) is 0.913. The Bertz CT molecular complexity index is 257. The highest BCUT2D eigenvalue weighted by atomic mass is 31.2. The van der Waals surface area contributed by atoms with Crippen LogP contribution in [0.1, 0.15) is 110 Å². The van der Waals surface area contributed by atoms with Gasteiger partial charge in [0, 0.05) is 20.6 Å². The van der Waals surface area contributed by atoms with E-state index in [4.69, 9.17) is 0 Å². The van der Waals surface area contributed by atoms with Crippen LogP contribution >= 0.6 is 7.26 Å². The van der Waals surface area contributed by atoms with Gasteiger partial charge in [0.25, 0.3) is 0 Å². The van der Waals surface area contributed by atoms with Gasteiger partial charge in [0.15, 0.2) is 0 Å². The van der Waals surface area contributed by atoms with Crippen LogP contribution in [0.4, 0.5) is 0 Å². The van der Waals surface area contributed by atoms with Crippen LogP contribution in [-0.4, -0.2) is 25.7 Å². The summed E-state index contributed by atoms with van der Waals surface area (Å²) in [5.74, 6) is 0. The van der Waals surface area contributed by atoms with Gasteiger partial charge in [-0.1, -0.05) is 109 Å². The minimum atomic E-state index is -0.649. The molecule has 0 N–H and O–H groups in total. The lowest BCUT2D eigenvalue weighted by Crippen LogP contribution is -1.98. The van der Waals surface area contributed by atoms with E-state index in [1.807, 2.05) is 0 Å². The molecular weight excluding hydrogens is 307 g/mol. The smallest absolute Gasteiger partial charge is 0.0765 e. The highest BCUT2D eigenvalue weighted by Crippen LogP contribution is 2.51. The maximum absolute atomic E-state index is 3.90. The molecule has 0 amide bonds. The van der Waals surface area contributed by atoms with E-state index in [0.29, 0.717) is 0 Å². The third kappa shape index (κ3) is 18.5. The molecule has 0 atom stereocenters. The minimum Gasteiger partial charge on any atom is -0.0995 e. The topological polar surface area (TPSA) is 0 Å². The number of unbranched alkanes of at least 4 members (excludes halogenated alkanes) is 15. The van der Waals surface area contributed by atoms with Crippen LogP contribution in [-0.2, 0) is 0 Å². The largest absolute Gasteiger partial charge is 0.0995 e. The van der Waals surface area contributed by atoms with Crippen molar-refractivity contribution < 1.29 is 0 Å². The second-order valence-corrected chi connectivity index (χ2v) is 13.1. The van der Waals surface area contributed by atoms with Crippen LogP contribution in [0, 0.1) is 0 Å². The number of rotatable bonds is 19. The lowest BCUT2D eigenvalue weighted by Gasteiger charge is -2.15. The van der Waals surface area contributed by atoms with Crippen molar-refractivity contribution in [3.8, 4) is 0 Å². The van der Waals surface area contributed by atoms with Crippen LogP contribution in [0.2, 0.25) is 0 Å². The van der Waals surface area contributed by atoms with E-state index in [1.54, 1.807) is 0 Å². The Labute approximate surface area is 155 Å². The maximum Gasteiger partial charge on any atom is 0.0765 e. The van der Waals surface area contributed by atoms with E-state index in [1.165, 1.54) is 115 Å². The standard InChI is InChI=1S/C23H48P/c1-5-7-8-9-10-11-12-13-14-15-16-17-18-19-20-21-23-24(3,4)22-6-2/h6H,2,5,7-23H2,1,3-4H3/q+1. The van der Waals surface area contributed by atoms with E-state index in [-0.39, 0.29) is 0 Å². The average molecular weight is 356 g/mol. The molecule has 0 bridgehead atoms. The SMILES string of the molecule is C=CC[P+](C)(C)CCCCCCCCCCCCCCCCCC. The summed E-state index contributed by atoms with van der Waals surface area (Å²) in [5, 5.41) is 0. The predicted molar refractivity (Wildman–Crippen MR) is 118 cm³/mol. The average Bonchev–Trinajstić information content (AvgIpc) is 2.54. The van der Waals surface area contributed by atoms with E-state index in [2.05, 4.69) is 32.9 Å². The molecule has 144 valence electrons. The van der Waals surface area contributed by atoms with Crippen molar-refractivity contribution in [3.63, 3.8) is 0 Å². The molecule has 0 aliphatic carbocycles. The fourth-order valence-electron chi connectivity index (χ4n) is 3.53. The number of hydrogen-bond donors (Lipinski definition) is 0. The number of allylic oxidation sites excluding steroid dienone is 1. The Morgan fingerprint density at radius 3 is 1.25 bits per heavy atom. The van der Waals surface area contributed by atoms with Crippen molar-refractivity contribution in [3.05, 3.63) is 12.7 Å². The van der Waals surface area contributed by atoms with Gasteiger partial charge in [0.1, 0.15) is 0 Å². The highest BCUT2D eigenvalue weighted by molar-refractivity contribution is 7.74. The van der Waals surface area contributed by atoms with Crippen molar-refractivity contribution >= 4 is 7.26 Å². The molecular formula is C23H48P+. The Hall–Kier alpha value is 0.170. The molecule has 0 aliphatic rings. The molecule has 0 saturated heterocycles. The van der Waals surface area contributed by atoms with Crippen molar-refractivity contribution in [2.75, 3.05) is 25.7 Å². The Kier molecular flexibility index (Phi) is 18.1. The van der Waals surface area contributed by atoms with Gasteiger partial charge in [-0.2, -0.15) is 0 Å². The van der Waals surface area contributed by atoms with E-state index >= 15 is 0 Å². The molecule has 0 rings (SSSR count). The predicted octanol–water partition coefficient (Wildman–Crippen LogP) is 8.71. The van der Waals surface area contributed by atoms with E-state index in [9.17, 15) is 0 Å². The normalized spacial score (nSPS) is 11.8. The molecule has 0 fully saturated rings. The van der Waals surface area contributed by atoms with Gasteiger partial charge in [-0.3, -0.25) is 0 Å². The molecule has 24 heavy (non-hydrogen) atoms. The molecule has 0 aromatic heterocycles. The number of hydrogen-bond acceptors (Lipinski definition) is 0. The molecule has 0 radical (unpaired) electrons. The summed E-state index contributed by atoms with van der Waals surface area (Å²) >= 11 is 0. The summed E-state index contributed by atoms with van der Waals surface area (Å²) in [4.78, 5) is 0. The summed E-state index contributed by atoms with van der Waals surface area (Å²) in [7, 11) is -0.649. The summed E-state index contributed by atoms with van der Waals surface area (Å²) in [6, 6.07) is 0. The van der Waals surface area contributed by atoms with Crippen molar-refractivity contribution in [1.82, 2.24) is 0 Å². The quantitative estimate of drug-likeness (QED) is 0.123. The van der Waals surface area contributed by atoms with Gasteiger partial charge in [-0.25, -0.2) is 0 Å². The second kappa shape index (κ2) is 18.0. The summed E-state index contributed by atoms with van der Waals surface area (Å²) in [6.45, 7) is 11.2. The Morgan fingerprint density at radius 1 is 0.583 bits per heavy atom. The Balaban J connectivity index is 3.11. The minimum absolute atomic E-state index is 0.649. The molecule has 0 nitrogen and oxygen atoms in total. The highest BCUT2D eigenvalue weighted by Gasteiger charge is 2.21. The molecule has 0 unspecified atom stereocenters. The van der Waals surface area contributed by atoms with Gasteiger partial charge in [-0.15, -0.1) is 0 Å². The summed E-state index contributed by atoms with van der Waals surface area (Å²) < 4.78 is 0. The summed E-state index contributed by atoms with van der Waals surface area (Å²) in [5.41, 5.74) is 0. The van der Waals surface area contributed by atoms with E-state index < -0.39 is 7.26 Å². The van der Waals surface area contributed by atoms with Gasteiger partial charge in [-0.05, 0) is 12.8 Å². The Morgan fingerprint density at radius 2 is 0.917 bits per heavy atom. The first-order valence-electron chi connectivity index (χ1n) is 11.1. The van der Waals surface area contributed by atoms with Crippen LogP contribution in [0.3, 0.4) is 0 Å². The van der Waals surface area contributed by atoms with Crippen LogP contribution in [0.5, 0.6) is 0 Å². The first-order chi connectivity index (χ1) is 11.6. The van der Waals surface area contributed by atoms with Gasteiger partial charge < -0.3 is 0 Å². The monoisotopic (exact) mass is 355 g/mol. The third-order valence-corrected chi connectivity index (χ3v) is 8.01. The second-order valence-electron chi connectivity index (χ2n) is 8.43. The third-order valence-electron chi connectivity index (χ3n) is 5.24. The lowest BCUT2D eigenvalue weighted by atomic mass is 10.0. The van der Waals surface area contributed by atoms with Crippen molar-refractivity contribution in [2.45, 2.75) is 110 Å². The first kappa shape index (κ1) is 24.2. The zero-order chi connectivity index (χ0) is 17.9. The maximum atomic E-state index is 3.90. The molecule has 0 heterocycles. The molecule has 0 saturated carbocycles. The van der Waals surface area contributed by atoms with Gasteiger partial charge >= 0.3 is 0 Å². The van der Waals surface area contributed by atoms with Crippen LogP contribution in [0.25, 0.3) is 0 Å². The first-order valence-corrected chi connectivity index (χ1v) is 14.1. The van der Waals surface area contributed by atoms with E-state index in [0.717, 1.165) is 0 Å². The molecule has 1 heteroatoms. The van der Waals surface area contributed by atoms with Crippen LogP contribution < -0.4 is 0 Å². The van der Waals surface area contributed by atoms with Crippen LogP contribution in [0.15, 0.2) is 12.7 Å². The van der Waals surface area contributed by atoms with Gasteiger partial charge in [0.05, 0.1) is 12.3 Å². The van der Waals surface area contributed by atoms with Crippen molar-refractivity contribution in [2.24, 2.45) is 0 Å². The summed E-state index contributed by atoms with van der Waals surface area (Å²) in [6.07, 6.45) is 28.3. The molecule has 0 aromatic carbocycles. The van der Waals surface area contributed by atoms with Crippen molar-refractivity contribution in [1.29, 1.82) is 0 Å².